The van der Waals surface area contributed by atoms with E-state index in [0.29, 0.717) is 0 Å². The van der Waals surface area contributed by atoms with Gasteiger partial charge in [0.1, 0.15) is 6.61 Å². The summed E-state index contributed by atoms with van der Waals surface area (Å²) in [5.41, 5.74) is 0. The second-order valence-corrected chi connectivity index (χ2v) is 1.05. The third-order valence-corrected chi connectivity index (χ3v) is 0.706. The third-order valence-electron chi connectivity index (χ3n) is 0.215. The fraction of sp³-hybridized carbons (Fsp3) is 0.500. The quantitative estimate of drug-likeness (QED) is 0.602. The monoisotopic (exact) mass is 202 g/mol. The number of carbonyl (C=O) groups excluding carboxylic acids is 1. The molecule has 3 nitrogen and oxygen atoms in total. The first-order valence-electron chi connectivity index (χ1n) is 1.23. The van der Waals surface area contributed by atoms with Crippen molar-refractivity contribution in [3.05, 3.63) is 0 Å². The highest BCUT2D eigenvalue weighted by Gasteiger charge is 1.91. The fourth-order valence-electron chi connectivity index (χ4n) is 0.0244. The van der Waals surface area contributed by atoms with Crippen molar-refractivity contribution in [2.75, 3.05) is 6.61 Å². The summed E-state index contributed by atoms with van der Waals surface area (Å²) in [4.78, 5) is 9.70. The molecule has 0 aromatic rings. The van der Waals surface area contributed by atoms with E-state index in [4.69, 9.17) is 5.11 Å². The number of carbonyl (C=O) groups is 1. The molecule has 0 amide bonds. The summed E-state index contributed by atoms with van der Waals surface area (Å²) in [5, 5.41) is 7.86. The summed E-state index contributed by atoms with van der Waals surface area (Å²) in [6, 6.07) is 0. The Balaban J connectivity index is 2.99. The van der Waals surface area contributed by atoms with E-state index in [1.165, 1.54) is 23.0 Å². The van der Waals surface area contributed by atoms with Crippen LogP contribution < -0.4 is 0 Å². The van der Waals surface area contributed by atoms with E-state index in [1.54, 1.807) is 0 Å². The molecular formula is C2H3IO3. The number of aliphatic hydroxyl groups is 1. The molecule has 1 N–H and O–H groups in total. The van der Waals surface area contributed by atoms with Crippen molar-refractivity contribution >= 4 is 29.0 Å². The molecule has 0 aromatic heterocycles. The van der Waals surface area contributed by atoms with Gasteiger partial charge in [0.25, 0.3) is 0 Å². The minimum atomic E-state index is -0.615. The van der Waals surface area contributed by atoms with Crippen LogP contribution in [-0.4, -0.2) is 17.7 Å². The molecule has 0 aliphatic carbocycles. The topological polar surface area (TPSA) is 46.5 Å². The second kappa shape index (κ2) is 3.35. The SMILES string of the molecule is O=C(CO)OI. The number of hydrogen-bond donors (Lipinski definition) is 1. The molecule has 0 unspecified atom stereocenters. The van der Waals surface area contributed by atoms with E-state index in [9.17, 15) is 4.79 Å². The summed E-state index contributed by atoms with van der Waals surface area (Å²) < 4.78 is 3.98. The van der Waals surface area contributed by atoms with Gasteiger partial charge in [-0.2, -0.15) is 0 Å². The molecule has 0 aliphatic heterocycles. The molecule has 0 heterocycles. The highest BCUT2D eigenvalue weighted by atomic mass is 127. The lowest BCUT2D eigenvalue weighted by molar-refractivity contribution is -0.134. The first-order chi connectivity index (χ1) is 2.81. The molecule has 0 bridgehead atoms. The normalized spacial score (nSPS) is 7.67. The molecule has 0 saturated carbocycles. The van der Waals surface area contributed by atoms with E-state index in [2.05, 4.69) is 3.07 Å². The van der Waals surface area contributed by atoms with Crippen LogP contribution in [0.5, 0.6) is 0 Å². The van der Waals surface area contributed by atoms with Crippen molar-refractivity contribution in [2.24, 2.45) is 0 Å². The maximum absolute atomic E-state index is 9.70. The number of rotatable bonds is 1. The van der Waals surface area contributed by atoms with Crippen LogP contribution in [0.3, 0.4) is 0 Å². The van der Waals surface area contributed by atoms with Crippen LogP contribution in [0.25, 0.3) is 0 Å². The number of aliphatic hydroxyl groups excluding tert-OH is 1. The van der Waals surface area contributed by atoms with Crippen molar-refractivity contribution in [1.29, 1.82) is 0 Å². The Morgan fingerprint density at radius 3 is 2.50 bits per heavy atom. The van der Waals surface area contributed by atoms with Gasteiger partial charge in [0.2, 0.25) is 0 Å². The van der Waals surface area contributed by atoms with E-state index in [0.717, 1.165) is 0 Å². The van der Waals surface area contributed by atoms with Gasteiger partial charge in [0, 0.05) is 0 Å². The minimum absolute atomic E-state index is 0.539. The van der Waals surface area contributed by atoms with Gasteiger partial charge in [-0.3, -0.25) is 0 Å². The summed E-state index contributed by atoms with van der Waals surface area (Å²) in [5.74, 6) is -0.615. The van der Waals surface area contributed by atoms with E-state index < -0.39 is 12.6 Å². The van der Waals surface area contributed by atoms with Crippen LogP contribution in [0, 0.1) is 0 Å². The fourth-order valence-corrected chi connectivity index (χ4v) is 0.164. The van der Waals surface area contributed by atoms with Crippen LogP contribution in [0.4, 0.5) is 0 Å². The Bertz CT molecular complexity index is 46.8. The van der Waals surface area contributed by atoms with Crippen LogP contribution in [0.2, 0.25) is 0 Å². The van der Waals surface area contributed by atoms with E-state index >= 15 is 0 Å². The highest BCUT2D eigenvalue weighted by molar-refractivity contribution is 14.1. The lowest BCUT2D eigenvalue weighted by Gasteiger charge is -1.83. The van der Waals surface area contributed by atoms with E-state index in [-0.39, 0.29) is 0 Å². The Morgan fingerprint density at radius 1 is 2.00 bits per heavy atom. The molecule has 36 valence electrons. The maximum Gasteiger partial charge on any atom is 0.341 e. The summed E-state index contributed by atoms with van der Waals surface area (Å²) >= 11 is 1.40. The molecule has 0 saturated heterocycles. The molecule has 0 rings (SSSR count). The average Bonchev–Trinajstić information content (AvgIpc) is 1.65. The predicted molar refractivity (Wildman–Crippen MR) is 27.2 cm³/mol. The Hall–Kier alpha value is 0.160. The van der Waals surface area contributed by atoms with Crippen molar-refractivity contribution in [2.45, 2.75) is 0 Å². The molecular weight excluding hydrogens is 199 g/mol. The van der Waals surface area contributed by atoms with Crippen LogP contribution in [-0.2, 0) is 7.86 Å². The summed E-state index contributed by atoms with van der Waals surface area (Å²) in [6.07, 6.45) is 0. The third kappa shape index (κ3) is 2.40. The van der Waals surface area contributed by atoms with Gasteiger partial charge in [-0.05, 0) is 0 Å². The zero-order valence-electron chi connectivity index (χ0n) is 2.85. The van der Waals surface area contributed by atoms with Crippen molar-refractivity contribution in [3.63, 3.8) is 0 Å². The van der Waals surface area contributed by atoms with Gasteiger partial charge in [-0.15, -0.1) is 0 Å². The average molecular weight is 202 g/mol. The number of hydrogen-bond acceptors (Lipinski definition) is 3. The van der Waals surface area contributed by atoms with Gasteiger partial charge >= 0.3 is 5.97 Å². The second-order valence-electron chi connectivity index (χ2n) is 0.607. The number of halogens is 1. The molecule has 4 heteroatoms. The smallest absolute Gasteiger partial charge is 0.341 e. The van der Waals surface area contributed by atoms with Crippen molar-refractivity contribution < 1.29 is 13.0 Å². The Morgan fingerprint density at radius 2 is 2.50 bits per heavy atom. The maximum atomic E-state index is 9.70. The zero-order chi connectivity index (χ0) is 4.99. The Kier molecular flexibility index (Phi) is 3.44. The molecule has 0 spiro atoms. The molecule has 0 atom stereocenters. The molecule has 0 radical (unpaired) electrons. The summed E-state index contributed by atoms with van der Waals surface area (Å²) in [7, 11) is 0. The predicted octanol–water partition coefficient (Wildman–Crippen LogP) is -0.128. The van der Waals surface area contributed by atoms with Crippen LogP contribution >= 0.6 is 23.0 Å². The molecule has 0 aromatic carbocycles. The summed E-state index contributed by atoms with van der Waals surface area (Å²) in [6.45, 7) is -0.539. The first-order valence-corrected chi connectivity index (χ1v) is 2.11. The van der Waals surface area contributed by atoms with Crippen molar-refractivity contribution in [1.82, 2.24) is 0 Å². The van der Waals surface area contributed by atoms with Gasteiger partial charge in [-0.1, -0.05) is 0 Å². The van der Waals surface area contributed by atoms with Gasteiger partial charge < -0.3 is 8.17 Å². The minimum Gasteiger partial charge on any atom is -0.393 e. The molecule has 0 fully saturated rings. The van der Waals surface area contributed by atoms with Crippen LogP contribution in [0.15, 0.2) is 0 Å². The molecule has 0 aliphatic rings. The molecule has 6 heavy (non-hydrogen) atoms. The lowest BCUT2D eigenvalue weighted by atomic mass is 10.8. The van der Waals surface area contributed by atoms with Crippen molar-refractivity contribution in [3.8, 4) is 0 Å². The van der Waals surface area contributed by atoms with E-state index in [1.807, 2.05) is 0 Å². The largest absolute Gasteiger partial charge is 0.393 e. The van der Waals surface area contributed by atoms with Gasteiger partial charge in [0.05, 0.1) is 0 Å². The zero-order valence-corrected chi connectivity index (χ0v) is 5.01. The van der Waals surface area contributed by atoms with Crippen LogP contribution in [0.1, 0.15) is 0 Å². The standard InChI is InChI=1S/C2H3IO3/c3-6-2(5)1-4/h4H,1H2. The highest BCUT2D eigenvalue weighted by Crippen LogP contribution is 1.83. The van der Waals surface area contributed by atoms with Gasteiger partial charge in [0.15, 0.2) is 23.0 Å². The Labute approximate surface area is 49.0 Å². The lowest BCUT2D eigenvalue weighted by Crippen LogP contribution is -2.00. The first kappa shape index (κ1) is 6.16. The van der Waals surface area contributed by atoms with Gasteiger partial charge in [-0.25, -0.2) is 4.79 Å².